The summed E-state index contributed by atoms with van der Waals surface area (Å²) in [6.07, 6.45) is 1.57. The molecule has 0 bridgehead atoms. The monoisotopic (exact) mass is 376 g/mol. The maximum absolute atomic E-state index is 13.8. The van der Waals surface area contributed by atoms with Crippen LogP contribution < -0.4 is 10.2 Å². The molecule has 4 rings (SSSR count). The molecule has 0 radical (unpaired) electrons. The summed E-state index contributed by atoms with van der Waals surface area (Å²) < 4.78 is 13.8. The van der Waals surface area contributed by atoms with E-state index in [0.717, 1.165) is 13.1 Å². The fourth-order valence-electron chi connectivity index (χ4n) is 3.32. The maximum atomic E-state index is 13.8. The van der Waals surface area contributed by atoms with Crippen LogP contribution in [0.1, 0.15) is 10.4 Å². The molecule has 2 aromatic carbocycles. The van der Waals surface area contributed by atoms with Gasteiger partial charge in [-0.05, 0) is 36.4 Å². The van der Waals surface area contributed by atoms with E-state index < -0.39 is 0 Å². The van der Waals surface area contributed by atoms with Gasteiger partial charge in [-0.25, -0.2) is 9.37 Å². The van der Waals surface area contributed by atoms with Gasteiger partial charge < -0.3 is 15.1 Å². The molecule has 5 nitrogen and oxygen atoms in total. The summed E-state index contributed by atoms with van der Waals surface area (Å²) in [5.74, 6) is 0.0450. The van der Waals surface area contributed by atoms with Gasteiger partial charge in [0.1, 0.15) is 11.6 Å². The first kappa shape index (κ1) is 18.0. The summed E-state index contributed by atoms with van der Waals surface area (Å²) >= 11 is 0. The Hall–Kier alpha value is -3.41. The van der Waals surface area contributed by atoms with Gasteiger partial charge >= 0.3 is 0 Å². The molecule has 142 valence electrons. The van der Waals surface area contributed by atoms with Gasteiger partial charge in [0.2, 0.25) is 0 Å². The van der Waals surface area contributed by atoms with Crippen molar-refractivity contribution in [1.29, 1.82) is 0 Å². The molecule has 0 saturated carbocycles. The van der Waals surface area contributed by atoms with Crippen molar-refractivity contribution in [2.45, 2.75) is 0 Å². The quantitative estimate of drug-likeness (QED) is 0.750. The zero-order valence-electron chi connectivity index (χ0n) is 15.4. The number of para-hydroxylation sites is 2. The standard InChI is InChI=1S/C22H21FN4O/c23-19-8-4-5-9-20(19)25-21-16-17(10-11-24-21)22(28)27-14-12-26(13-15-27)18-6-2-1-3-7-18/h1-11,16H,12-15H2,(H,24,25). The molecule has 6 heteroatoms. The highest BCUT2D eigenvalue weighted by atomic mass is 19.1. The third-order valence-electron chi connectivity index (χ3n) is 4.83. The van der Waals surface area contributed by atoms with Crippen LogP contribution in [0.4, 0.5) is 21.6 Å². The molecular weight excluding hydrogens is 355 g/mol. The van der Waals surface area contributed by atoms with Crippen LogP contribution in [0, 0.1) is 5.82 Å². The Labute approximate surface area is 163 Å². The minimum absolute atomic E-state index is 0.0355. The normalized spacial score (nSPS) is 14.0. The van der Waals surface area contributed by atoms with Gasteiger partial charge in [0.15, 0.2) is 0 Å². The Morgan fingerprint density at radius 3 is 2.39 bits per heavy atom. The second kappa shape index (κ2) is 8.08. The smallest absolute Gasteiger partial charge is 0.254 e. The Morgan fingerprint density at radius 1 is 0.929 bits per heavy atom. The van der Waals surface area contributed by atoms with Crippen LogP contribution in [-0.4, -0.2) is 42.0 Å². The number of carbonyl (C=O) groups excluding carboxylic acids is 1. The van der Waals surface area contributed by atoms with E-state index in [-0.39, 0.29) is 11.7 Å². The van der Waals surface area contributed by atoms with Crippen molar-refractivity contribution in [3.05, 3.63) is 84.3 Å². The van der Waals surface area contributed by atoms with Crippen LogP contribution in [0.15, 0.2) is 72.9 Å². The number of piperazine rings is 1. The Kier molecular flexibility index (Phi) is 5.19. The van der Waals surface area contributed by atoms with Crippen LogP contribution in [0.25, 0.3) is 0 Å². The molecule has 1 amide bonds. The van der Waals surface area contributed by atoms with E-state index in [9.17, 15) is 9.18 Å². The van der Waals surface area contributed by atoms with E-state index in [1.165, 1.54) is 11.8 Å². The fraction of sp³-hybridized carbons (Fsp3) is 0.182. The van der Waals surface area contributed by atoms with E-state index in [0.29, 0.717) is 30.2 Å². The molecule has 1 aromatic heterocycles. The number of halogens is 1. The second-order valence-corrected chi connectivity index (χ2v) is 6.65. The SMILES string of the molecule is O=C(c1ccnc(Nc2ccccc2F)c1)N1CCN(c2ccccc2)CC1. The van der Waals surface area contributed by atoms with E-state index in [2.05, 4.69) is 27.3 Å². The number of carbonyl (C=O) groups is 1. The van der Waals surface area contributed by atoms with Crippen molar-refractivity contribution in [2.75, 3.05) is 36.4 Å². The summed E-state index contributed by atoms with van der Waals surface area (Å²) in [6, 6.07) is 20.0. The lowest BCUT2D eigenvalue weighted by Crippen LogP contribution is -2.48. The van der Waals surface area contributed by atoms with E-state index in [4.69, 9.17) is 0 Å². The van der Waals surface area contributed by atoms with Crippen molar-refractivity contribution in [1.82, 2.24) is 9.88 Å². The van der Waals surface area contributed by atoms with Crippen LogP contribution in [0.5, 0.6) is 0 Å². The molecule has 1 aliphatic rings. The lowest BCUT2D eigenvalue weighted by atomic mass is 10.2. The van der Waals surface area contributed by atoms with Gasteiger partial charge in [-0.2, -0.15) is 0 Å². The Balaban J connectivity index is 1.42. The molecule has 3 aromatic rings. The topological polar surface area (TPSA) is 48.5 Å². The zero-order valence-corrected chi connectivity index (χ0v) is 15.4. The molecule has 0 unspecified atom stereocenters. The molecule has 1 fully saturated rings. The Bertz CT molecular complexity index is 956. The fourth-order valence-corrected chi connectivity index (χ4v) is 3.32. The molecule has 0 spiro atoms. The van der Waals surface area contributed by atoms with Gasteiger partial charge in [0, 0.05) is 43.6 Å². The first-order valence-electron chi connectivity index (χ1n) is 9.27. The maximum Gasteiger partial charge on any atom is 0.254 e. The van der Waals surface area contributed by atoms with Gasteiger partial charge in [-0.1, -0.05) is 30.3 Å². The molecular formula is C22H21FN4O. The zero-order chi connectivity index (χ0) is 19.3. The van der Waals surface area contributed by atoms with Crippen molar-refractivity contribution >= 4 is 23.1 Å². The lowest BCUT2D eigenvalue weighted by Gasteiger charge is -2.36. The van der Waals surface area contributed by atoms with Crippen molar-refractivity contribution in [3.8, 4) is 0 Å². The van der Waals surface area contributed by atoms with Crippen LogP contribution in [0.2, 0.25) is 0 Å². The number of nitrogens with zero attached hydrogens (tertiary/aromatic N) is 3. The number of pyridine rings is 1. The number of hydrogen-bond donors (Lipinski definition) is 1. The first-order chi connectivity index (χ1) is 13.7. The minimum atomic E-state index is -0.363. The molecule has 0 atom stereocenters. The van der Waals surface area contributed by atoms with Crippen LogP contribution >= 0.6 is 0 Å². The highest BCUT2D eigenvalue weighted by Crippen LogP contribution is 2.20. The van der Waals surface area contributed by atoms with Crippen molar-refractivity contribution < 1.29 is 9.18 Å². The second-order valence-electron chi connectivity index (χ2n) is 6.65. The van der Waals surface area contributed by atoms with Gasteiger partial charge in [-0.15, -0.1) is 0 Å². The molecule has 1 aliphatic heterocycles. The highest BCUT2D eigenvalue weighted by Gasteiger charge is 2.22. The molecule has 1 N–H and O–H groups in total. The molecule has 2 heterocycles. The van der Waals surface area contributed by atoms with Gasteiger partial charge in [-0.3, -0.25) is 4.79 Å². The third kappa shape index (κ3) is 3.96. The van der Waals surface area contributed by atoms with Crippen molar-refractivity contribution in [3.63, 3.8) is 0 Å². The van der Waals surface area contributed by atoms with Gasteiger partial charge in [0.05, 0.1) is 5.69 Å². The number of nitrogens with one attached hydrogen (secondary N) is 1. The third-order valence-corrected chi connectivity index (χ3v) is 4.83. The van der Waals surface area contributed by atoms with E-state index in [1.54, 1.807) is 36.5 Å². The lowest BCUT2D eigenvalue weighted by molar-refractivity contribution is 0.0746. The van der Waals surface area contributed by atoms with E-state index >= 15 is 0 Å². The summed E-state index contributed by atoms with van der Waals surface area (Å²) in [6.45, 7) is 2.90. The summed E-state index contributed by atoms with van der Waals surface area (Å²) in [5.41, 5.74) is 2.05. The van der Waals surface area contributed by atoms with Crippen molar-refractivity contribution in [2.24, 2.45) is 0 Å². The average Bonchev–Trinajstić information content (AvgIpc) is 2.76. The number of hydrogen-bond acceptors (Lipinski definition) is 4. The predicted octanol–water partition coefficient (Wildman–Crippen LogP) is 3.93. The highest BCUT2D eigenvalue weighted by molar-refractivity contribution is 5.95. The van der Waals surface area contributed by atoms with Crippen LogP contribution in [-0.2, 0) is 0 Å². The van der Waals surface area contributed by atoms with Crippen LogP contribution in [0.3, 0.4) is 0 Å². The largest absolute Gasteiger partial charge is 0.368 e. The number of rotatable bonds is 4. The summed E-state index contributed by atoms with van der Waals surface area (Å²) in [5, 5.41) is 2.93. The molecule has 1 saturated heterocycles. The molecule has 0 aliphatic carbocycles. The predicted molar refractivity (Wildman–Crippen MR) is 108 cm³/mol. The summed E-state index contributed by atoms with van der Waals surface area (Å²) in [4.78, 5) is 21.2. The van der Waals surface area contributed by atoms with Gasteiger partial charge in [0.25, 0.3) is 5.91 Å². The minimum Gasteiger partial charge on any atom is -0.368 e. The molecule has 28 heavy (non-hydrogen) atoms. The number of anilines is 3. The number of amides is 1. The number of aromatic nitrogens is 1. The van der Waals surface area contributed by atoms with E-state index in [1.807, 2.05) is 23.1 Å². The number of benzene rings is 2. The Morgan fingerprint density at radius 2 is 1.64 bits per heavy atom. The first-order valence-corrected chi connectivity index (χ1v) is 9.27. The summed E-state index contributed by atoms with van der Waals surface area (Å²) in [7, 11) is 0. The average molecular weight is 376 g/mol.